The highest BCUT2D eigenvalue weighted by atomic mass is 16.5. The highest BCUT2D eigenvalue weighted by Gasteiger charge is 2.21. The number of nitrogens with one attached hydrogen (secondary N) is 2. The molecule has 0 unspecified atom stereocenters. The van der Waals surface area contributed by atoms with E-state index in [0.717, 1.165) is 17.2 Å². The van der Waals surface area contributed by atoms with Crippen LogP contribution in [-0.2, 0) is 4.74 Å². The molecular formula is C16H18N4O2. The Morgan fingerprint density at radius 2 is 2.09 bits per heavy atom. The molecule has 6 heteroatoms. The summed E-state index contributed by atoms with van der Waals surface area (Å²) in [7, 11) is 1.36. The minimum absolute atomic E-state index is 0.370. The number of methoxy groups -OCH3 is 1. The van der Waals surface area contributed by atoms with E-state index in [9.17, 15) is 4.79 Å². The van der Waals surface area contributed by atoms with Gasteiger partial charge in [0.1, 0.15) is 5.82 Å². The number of hydrogen-bond donors (Lipinski definition) is 2. The number of aromatic nitrogens is 2. The van der Waals surface area contributed by atoms with Gasteiger partial charge in [-0.05, 0) is 38.0 Å². The van der Waals surface area contributed by atoms with E-state index >= 15 is 0 Å². The van der Waals surface area contributed by atoms with Gasteiger partial charge in [-0.3, -0.25) is 0 Å². The summed E-state index contributed by atoms with van der Waals surface area (Å²) in [5.74, 6) is 0.955. The van der Waals surface area contributed by atoms with Gasteiger partial charge >= 0.3 is 5.97 Å². The highest BCUT2D eigenvalue weighted by molar-refractivity contribution is 5.90. The van der Waals surface area contributed by atoms with Crippen LogP contribution in [0.1, 0.15) is 28.9 Å². The summed E-state index contributed by atoms with van der Waals surface area (Å²) in [5.41, 5.74) is 2.10. The zero-order valence-corrected chi connectivity index (χ0v) is 12.6. The van der Waals surface area contributed by atoms with E-state index in [2.05, 4.69) is 20.6 Å². The molecule has 0 amide bonds. The number of carbonyl (C=O) groups is 1. The lowest BCUT2D eigenvalue weighted by Crippen LogP contribution is -2.07. The van der Waals surface area contributed by atoms with Crippen molar-refractivity contribution in [1.82, 2.24) is 9.97 Å². The van der Waals surface area contributed by atoms with Crippen LogP contribution >= 0.6 is 0 Å². The second-order valence-electron chi connectivity index (χ2n) is 5.33. The number of benzene rings is 1. The Labute approximate surface area is 128 Å². The molecule has 1 aliphatic carbocycles. The Hall–Kier alpha value is -2.63. The summed E-state index contributed by atoms with van der Waals surface area (Å²) in [4.78, 5) is 20.4. The molecule has 1 aliphatic rings. The average molecular weight is 298 g/mol. The molecule has 0 atom stereocenters. The number of esters is 1. The van der Waals surface area contributed by atoms with Crippen LogP contribution in [0.3, 0.4) is 0 Å². The lowest BCUT2D eigenvalue weighted by Gasteiger charge is -2.10. The maximum absolute atomic E-state index is 11.6. The van der Waals surface area contributed by atoms with Crippen molar-refractivity contribution in [2.24, 2.45) is 0 Å². The maximum Gasteiger partial charge on any atom is 0.337 e. The number of carbonyl (C=O) groups excluding carboxylic acids is 1. The summed E-state index contributed by atoms with van der Waals surface area (Å²) in [6.45, 7) is 1.93. The zero-order chi connectivity index (χ0) is 15.5. The van der Waals surface area contributed by atoms with Crippen molar-refractivity contribution in [2.45, 2.75) is 25.8 Å². The van der Waals surface area contributed by atoms with E-state index in [1.807, 2.05) is 19.1 Å². The number of rotatable bonds is 5. The topological polar surface area (TPSA) is 76.1 Å². The molecule has 114 valence electrons. The molecule has 2 aromatic rings. The van der Waals surface area contributed by atoms with Crippen molar-refractivity contribution < 1.29 is 9.53 Å². The molecule has 0 saturated heterocycles. The van der Waals surface area contributed by atoms with Crippen molar-refractivity contribution in [3.8, 4) is 0 Å². The summed E-state index contributed by atoms with van der Waals surface area (Å²) in [5, 5.41) is 6.48. The normalized spacial score (nSPS) is 13.5. The first kappa shape index (κ1) is 14.3. The predicted molar refractivity (Wildman–Crippen MR) is 84.5 cm³/mol. The third-order valence-corrected chi connectivity index (χ3v) is 3.32. The predicted octanol–water partition coefficient (Wildman–Crippen LogP) is 2.89. The zero-order valence-electron chi connectivity index (χ0n) is 12.6. The van der Waals surface area contributed by atoms with Gasteiger partial charge in [-0.2, -0.15) is 4.98 Å². The molecule has 1 saturated carbocycles. The molecule has 0 radical (unpaired) electrons. The first-order valence-corrected chi connectivity index (χ1v) is 7.21. The Morgan fingerprint density at radius 1 is 1.27 bits per heavy atom. The lowest BCUT2D eigenvalue weighted by atomic mass is 10.2. The van der Waals surface area contributed by atoms with Gasteiger partial charge in [-0.15, -0.1) is 0 Å². The van der Waals surface area contributed by atoms with Gasteiger partial charge in [0.15, 0.2) is 0 Å². The molecule has 0 aliphatic heterocycles. The molecule has 3 rings (SSSR count). The van der Waals surface area contributed by atoms with Gasteiger partial charge in [-0.25, -0.2) is 9.78 Å². The van der Waals surface area contributed by atoms with E-state index in [-0.39, 0.29) is 5.97 Å². The fourth-order valence-corrected chi connectivity index (χ4v) is 2.11. The van der Waals surface area contributed by atoms with E-state index in [1.165, 1.54) is 20.0 Å². The smallest absolute Gasteiger partial charge is 0.337 e. The van der Waals surface area contributed by atoms with Crippen LogP contribution in [0.4, 0.5) is 17.5 Å². The van der Waals surface area contributed by atoms with Crippen LogP contribution in [0.5, 0.6) is 0 Å². The van der Waals surface area contributed by atoms with E-state index < -0.39 is 0 Å². The van der Waals surface area contributed by atoms with Crippen LogP contribution < -0.4 is 10.6 Å². The summed E-state index contributed by atoms with van der Waals surface area (Å²) in [6, 6.07) is 9.51. The fraction of sp³-hybridized carbons (Fsp3) is 0.312. The number of ether oxygens (including phenoxy) is 1. The van der Waals surface area contributed by atoms with Crippen LogP contribution in [0, 0.1) is 6.92 Å². The minimum atomic E-state index is -0.370. The third kappa shape index (κ3) is 3.52. The maximum atomic E-state index is 11.6. The van der Waals surface area contributed by atoms with Gasteiger partial charge < -0.3 is 15.4 Å². The number of aryl methyl sites for hydroxylation is 1. The Balaban J connectivity index is 1.80. The number of nitrogens with zero attached hydrogens (tertiary/aromatic N) is 2. The second kappa shape index (κ2) is 6.01. The van der Waals surface area contributed by atoms with Gasteiger partial charge in [-0.1, -0.05) is 6.07 Å². The van der Waals surface area contributed by atoms with Gasteiger partial charge in [0.05, 0.1) is 12.7 Å². The molecule has 6 nitrogen and oxygen atoms in total. The van der Waals surface area contributed by atoms with Crippen molar-refractivity contribution in [2.75, 3.05) is 17.7 Å². The molecular weight excluding hydrogens is 280 g/mol. The van der Waals surface area contributed by atoms with Gasteiger partial charge in [0.25, 0.3) is 0 Å². The van der Waals surface area contributed by atoms with Gasteiger partial charge in [0, 0.05) is 23.5 Å². The molecule has 0 bridgehead atoms. The largest absolute Gasteiger partial charge is 0.465 e. The van der Waals surface area contributed by atoms with Crippen molar-refractivity contribution in [3.05, 3.63) is 41.6 Å². The summed E-state index contributed by atoms with van der Waals surface area (Å²) in [6.07, 6.45) is 2.37. The fourth-order valence-electron chi connectivity index (χ4n) is 2.11. The van der Waals surface area contributed by atoms with E-state index in [1.54, 1.807) is 18.2 Å². The van der Waals surface area contributed by atoms with Crippen molar-refractivity contribution in [3.63, 3.8) is 0 Å². The summed E-state index contributed by atoms with van der Waals surface area (Å²) < 4.78 is 4.72. The molecule has 1 heterocycles. The van der Waals surface area contributed by atoms with Crippen LogP contribution in [0.15, 0.2) is 30.3 Å². The Kier molecular flexibility index (Phi) is 3.91. The lowest BCUT2D eigenvalue weighted by molar-refractivity contribution is 0.0601. The Bertz CT molecular complexity index is 698. The first-order valence-electron chi connectivity index (χ1n) is 7.21. The van der Waals surface area contributed by atoms with Crippen LogP contribution in [0.2, 0.25) is 0 Å². The molecule has 1 fully saturated rings. The summed E-state index contributed by atoms with van der Waals surface area (Å²) >= 11 is 0. The second-order valence-corrected chi connectivity index (χ2v) is 5.33. The molecule has 2 N–H and O–H groups in total. The number of anilines is 3. The van der Waals surface area contributed by atoms with Crippen molar-refractivity contribution >= 4 is 23.4 Å². The third-order valence-electron chi connectivity index (χ3n) is 3.32. The standard InChI is InChI=1S/C16H18N4O2/c1-10-8-14(18-12-6-7-12)20-16(17-10)19-13-5-3-4-11(9-13)15(21)22-2/h3-5,8-9,12H,6-7H2,1-2H3,(H2,17,18,19,20). The van der Waals surface area contributed by atoms with E-state index in [0.29, 0.717) is 17.6 Å². The monoisotopic (exact) mass is 298 g/mol. The minimum Gasteiger partial charge on any atom is -0.465 e. The Morgan fingerprint density at radius 3 is 2.82 bits per heavy atom. The van der Waals surface area contributed by atoms with E-state index in [4.69, 9.17) is 4.74 Å². The van der Waals surface area contributed by atoms with Crippen molar-refractivity contribution in [1.29, 1.82) is 0 Å². The molecule has 1 aromatic heterocycles. The van der Waals surface area contributed by atoms with Crippen LogP contribution in [0.25, 0.3) is 0 Å². The van der Waals surface area contributed by atoms with Gasteiger partial charge in [0.2, 0.25) is 5.95 Å². The quantitative estimate of drug-likeness (QED) is 0.827. The first-order chi connectivity index (χ1) is 10.6. The SMILES string of the molecule is COC(=O)c1cccc(Nc2nc(C)cc(NC3CC3)n2)c1. The average Bonchev–Trinajstić information content (AvgIpc) is 3.30. The molecule has 0 spiro atoms. The van der Waals surface area contributed by atoms with Crippen LogP contribution in [-0.4, -0.2) is 29.1 Å². The molecule has 22 heavy (non-hydrogen) atoms. The number of hydrogen-bond acceptors (Lipinski definition) is 6. The molecule has 1 aromatic carbocycles. The highest BCUT2D eigenvalue weighted by Crippen LogP contribution is 2.25.